The molecule has 218 valence electrons. The monoisotopic (exact) mass is 599 g/mol. The van der Waals surface area contributed by atoms with E-state index in [1.54, 1.807) is 0 Å². The molecule has 0 atom stereocenters. The van der Waals surface area contributed by atoms with Gasteiger partial charge in [-0.25, -0.2) is 0 Å². The molecule has 0 unspecified atom stereocenters. The van der Waals surface area contributed by atoms with Crippen molar-refractivity contribution in [3.05, 3.63) is 157 Å². The Morgan fingerprint density at radius 2 is 1.02 bits per heavy atom. The van der Waals surface area contributed by atoms with Gasteiger partial charge in [-0.2, -0.15) is 5.26 Å². The Hall–Kier alpha value is -6.57. The number of para-hydroxylation sites is 5. The molecule has 3 heterocycles. The fourth-order valence-electron chi connectivity index (χ4n) is 7.61. The van der Waals surface area contributed by atoms with Gasteiger partial charge < -0.3 is 13.6 Å². The van der Waals surface area contributed by atoms with Crippen LogP contribution < -0.4 is 0 Å². The quantitative estimate of drug-likeness (QED) is 0.203. The average molecular weight is 600 g/mol. The molecule has 7 aromatic carbocycles. The maximum absolute atomic E-state index is 9.70. The molecule has 0 aliphatic rings. The van der Waals surface area contributed by atoms with Gasteiger partial charge in [0, 0.05) is 38.1 Å². The highest BCUT2D eigenvalue weighted by Crippen LogP contribution is 2.44. The average Bonchev–Trinajstić information content (AvgIpc) is 3.79. The van der Waals surface area contributed by atoms with Crippen LogP contribution >= 0.6 is 0 Å². The Bertz CT molecular complexity index is 2930. The van der Waals surface area contributed by atoms with Crippen LogP contribution in [0.25, 0.3) is 88.1 Å². The highest BCUT2D eigenvalue weighted by Gasteiger charge is 2.22. The van der Waals surface area contributed by atoms with Crippen LogP contribution in [0.1, 0.15) is 5.56 Å². The number of hydrogen-bond acceptors (Lipinski definition) is 2. The Kier molecular flexibility index (Phi) is 5.32. The van der Waals surface area contributed by atoms with Gasteiger partial charge in [-0.3, -0.25) is 0 Å². The first-order chi connectivity index (χ1) is 23.3. The van der Waals surface area contributed by atoms with E-state index < -0.39 is 0 Å². The first-order valence-corrected chi connectivity index (χ1v) is 15.8. The molecule has 0 spiro atoms. The summed E-state index contributed by atoms with van der Waals surface area (Å²) in [7, 11) is 0. The normalized spacial score (nSPS) is 11.8. The molecule has 0 aliphatic carbocycles. The molecule has 4 nitrogen and oxygen atoms in total. The molecule has 10 rings (SSSR count). The van der Waals surface area contributed by atoms with Crippen molar-refractivity contribution in [3.8, 4) is 28.6 Å². The van der Waals surface area contributed by atoms with Crippen molar-refractivity contribution in [1.82, 2.24) is 9.13 Å². The van der Waals surface area contributed by atoms with Crippen LogP contribution in [0.15, 0.2) is 156 Å². The number of benzene rings is 7. The van der Waals surface area contributed by atoms with Gasteiger partial charge in [-0.1, -0.05) is 91.0 Å². The molecular formula is C43H25N3O. The van der Waals surface area contributed by atoms with E-state index >= 15 is 0 Å². The van der Waals surface area contributed by atoms with E-state index in [-0.39, 0.29) is 0 Å². The molecule has 4 heteroatoms. The molecule has 0 radical (unpaired) electrons. The van der Waals surface area contributed by atoms with Gasteiger partial charge in [-0.15, -0.1) is 0 Å². The lowest BCUT2D eigenvalue weighted by Crippen LogP contribution is -2.01. The van der Waals surface area contributed by atoms with Crippen LogP contribution in [0.3, 0.4) is 0 Å². The van der Waals surface area contributed by atoms with Gasteiger partial charge >= 0.3 is 0 Å². The minimum atomic E-state index is 0.656. The topological polar surface area (TPSA) is 46.8 Å². The summed E-state index contributed by atoms with van der Waals surface area (Å²) in [5.41, 5.74) is 11.3. The lowest BCUT2D eigenvalue weighted by Gasteiger charge is -2.18. The Morgan fingerprint density at radius 3 is 1.77 bits per heavy atom. The van der Waals surface area contributed by atoms with Crippen molar-refractivity contribution in [1.29, 1.82) is 5.26 Å². The second-order valence-corrected chi connectivity index (χ2v) is 12.0. The van der Waals surface area contributed by atoms with Gasteiger partial charge in [-0.05, 0) is 60.7 Å². The zero-order chi connectivity index (χ0) is 31.1. The van der Waals surface area contributed by atoms with Gasteiger partial charge in [0.1, 0.15) is 11.2 Å². The number of hydrogen-bond donors (Lipinski definition) is 0. The summed E-state index contributed by atoms with van der Waals surface area (Å²) in [6, 6.07) is 55.4. The zero-order valence-electron chi connectivity index (χ0n) is 25.2. The third-order valence-corrected chi connectivity index (χ3v) is 9.56. The van der Waals surface area contributed by atoms with Gasteiger partial charge in [0.2, 0.25) is 0 Å². The minimum absolute atomic E-state index is 0.656. The van der Waals surface area contributed by atoms with E-state index in [9.17, 15) is 5.26 Å². The van der Waals surface area contributed by atoms with Crippen LogP contribution in [-0.2, 0) is 0 Å². The van der Waals surface area contributed by atoms with Crippen molar-refractivity contribution in [2.45, 2.75) is 0 Å². The maximum atomic E-state index is 9.70. The number of rotatable bonds is 3. The smallest absolute Gasteiger partial charge is 0.137 e. The van der Waals surface area contributed by atoms with E-state index in [1.807, 2.05) is 24.3 Å². The molecule has 3 aromatic heterocycles. The number of aromatic nitrogens is 2. The number of nitrogens with zero attached hydrogens (tertiary/aromatic N) is 3. The Labute approximate surface area is 269 Å². The standard InChI is InChI=1S/C43H25N3O/c44-26-27-21-23-39-34(25-27)31-14-4-7-17-36(31)45(39)35-16-6-1-11-28(35)29-12-2-8-18-37(29)46-38-19-9-3-13-30(38)32-22-24-41-42(43(32)46)33-15-5-10-20-40(33)47-41/h1-25H. The van der Waals surface area contributed by atoms with Crippen LogP contribution in [0, 0.1) is 11.3 Å². The van der Waals surface area contributed by atoms with Crippen molar-refractivity contribution >= 4 is 65.6 Å². The third kappa shape index (κ3) is 3.57. The SMILES string of the molecule is N#Cc1ccc2c(c1)c1ccccc1n2-c1ccccc1-c1ccccc1-n1c2ccccc2c2ccc3oc4ccccc4c3c21. The van der Waals surface area contributed by atoms with Crippen LogP contribution in [0.4, 0.5) is 0 Å². The highest BCUT2D eigenvalue weighted by molar-refractivity contribution is 6.24. The summed E-state index contributed by atoms with van der Waals surface area (Å²) in [6.07, 6.45) is 0. The largest absolute Gasteiger partial charge is 0.456 e. The van der Waals surface area contributed by atoms with E-state index in [2.05, 4.69) is 143 Å². The molecule has 0 N–H and O–H groups in total. The molecular weight excluding hydrogens is 574 g/mol. The highest BCUT2D eigenvalue weighted by atomic mass is 16.3. The Balaban J connectivity index is 1.33. The van der Waals surface area contributed by atoms with Crippen LogP contribution in [-0.4, -0.2) is 9.13 Å². The predicted molar refractivity (Wildman–Crippen MR) is 193 cm³/mol. The van der Waals surface area contributed by atoms with Crippen LogP contribution in [0.5, 0.6) is 0 Å². The van der Waals surface area contributed by atoms with E-state index in [0.717, 1.165) is 77.3 Å². The molecule has 0 saturated carbocycles. The molecule has 0 saturated heterocycles. The maximum Gasteiger partial charge on any atom is 0.137 e. The van der Waals surface area contributed by atoms with Crippen molar-refractivity contribution < 1.29 is 4.42 Å². The summed E-state index contributed by atoms with van der Waals surface area (Å²) in [4.78, 5) is 0. The predicted octanol–water partition coefficient (Wildman–Crippen LogP) is 11.3. The number of fused-ring (bicyclic) bond motifs is 10. The van der Waals surface area contributed by atoms with E-state index in [1.165, 1.54) is 10.8 Å². The lowest BCUT2D eigenvalue weighted by atomic mass is 10.0. The second kappa shape index (κ2) is 9.71. The molecule has 0 fully saturated rings. The summed E-state index contributed by atoms with van der Waals surface area (Å²) >= 11 is 0. The van der Waals surface area contributed by atoms with Gasteiger partial charge in [0.15, 0.2) is 0 Å². The second-order valence-electron chi connectivity index (χ2n) is 12.0. The van der Waals surface area contributed by atoms with Crippen molar-refractivity contribution in [2.24, 2.45) is 0 Å². The summed E-state index contributed by atoms with van der Waals surface area (Å²) in [5.74, 6) is 0. The lowest BCUT2D eigenvalue weighted by molar-refractivity contribution is 0.669. The Morgan fingerprint density at radius 1 is 0.447 bits per heavy atom. The molecule has 0 amide bonds. The number of nitriles is 1. The fourth-order valence-corrected chi connectivity index (χ4v) is 7.61. The van der Waals surface area contributed by atoms with Crippen molar-refractivity contribution in [3.63, 3.8) is 0 Å². The number of furan rings is 1. The first kappa shape index (κ1) is 25.7. The van der Waals surface area contributed by atoms with Gasteiger partial charge in [0.25, 0.3) is 0 Å². The van der Waals surface area contributed by atoms with Gasteiger partial charge in [0.05, 0.1) is 50.5 Å². The first-order valence-electron chi connectivity index (χ1n) is 15.8. The third-order valence-electron chi connectivity index (χ3n) is 9.56. The fraction of sp³-hybridized carbons (Fsp3) is 0. The molecule has 0 bridgehead atoms. The molecule has 10 aromatic rings. The van der Waals surface area contributed by atoms with Crippen LogP contribution in [0.2, 0.25) is 0 Å². The summed E-state index contributed by atoms with van der Waals surface area (Å²) in [5, 5.41) is 16.5. The molecule has 0 aliphatic heterocycles. The molecule has 47 heavy (non-hydrogen) atoms. The van der Waals surface area contributed by atoms with Crippen molar-refractivity contribution in [2.75, 3.05) is 0 Å². The van der Waals surface area contributed by atoms with E-state index in [4.69, 9.17) is 4.42 Å². The summed E-state index contributed by atoms with van der Waals surface area (Å²) in [6.45, 7) is 0. The summed E-state index contributed by atoms with van der Waals surface area (Å²) < 4.78 is 11.2. The zero-order valence-corrected chi connectivity index (χ0v) is 25.2. The van der Waals surface area contributed by atoms with E-state index in [0.29, 0.717) is 5.56 Å². The minimum Gasteiger partial charge on any atom is -0.456 e.